The Bertz CT molecular complexity index is 776. The Morgan fingerprint density at radius 2 is 1.03 bits per heavy atom. The van der Waals surface area contributed by atoms with E-state index in [4.69, 9.17) is 0 Å². The van der Waals surface area contributed by atoms with Crippen molar-refractivity contribution in [1.29, 1.82) is 0 Å². The van der Waals surface area contributed by atoms with E-state index < -0.39 is 0 Å². The Labute approximate surface area is 192 Å². The molecule has 0 amide bonds. The van der Waals surface area contributed by atoms with Gasteiger partial charge in [-0.3, -0.25) is 4.79 Å². The molecule has 0 aliphatic heterocycles. The number of hydrogen-bond donors (Lipinski definition) is 0. The minimum absolute atomic E-state index is 0.0211. The lowest BCUT2D eigenvalue weighted by atomic mass is 10.0. The molecule has 0 bridgehead atoms. The Hall–Kier alpha value is -2.68. The normalized spacial score (nSPS) is 8.13. The maximum Gasteiger partial charge on any atom is 0.196 e. The van der Waals surface area contributed by atoms with Gasteiger partial charge >= 0.3 is 0 Å². The van der Waals surface area contributed by atoms with E-state index in [1.54, 1.807) is 0 Å². The smallest absolute Gasteiger partial charge is 0.196 e. The predicted molar refractivity (Wildman–Crippen MR) is 140 cm³/mol. The molecule has 0 saturated heterocycles. The molecule has 0 saturated carbocycles. The van der Waals surface area contributed by atoms with Crippen LogP contribution in [0.3, 0.4) is 0 Å². The predicted octanol–water partition coefficient (Wildman–Crippen LogP) is 8.85. The lowest BCUT2D eigenvalue weighted by Gasteiger charge is -2.05. The molecule has 0 aliphatic rings. The van der Waals surface area contributed by atoms with E-state index in [1.807, 2.05) is 148 Å². The van der Waals surface area contributed by atoms with Gasteiger partial charge in [0.2, 0.25) is 0 Å². The van der Waals surface area contributed by atoms with Gasteiger partial charge in [-0.05, 0) is 26.0 Å². The molecule has 31 heavy (non-hydrogen) atoms. The Kier molecular flexibility index (Phi) is 23.4. The average Bonchev–Trinajstić information content (AvgIpc) is 3.19. The van der Waals surface area contributed by atoms with Crippen molar-refractivity contribution in [2.75, 3.05) is 0 Å². The molecule has 1 heterocycles. The van der Waals surface area contributed by atoms with E-state index in [2.05, 4.69) is 5.10 Å². The first-order valence-corrected chi connectivity index (χ1v) is 11.9. The molecule has 0 N–H and O–H groups in total. The first kappa shape index (κ1) is 33.0. The zero-order chi connectivity index (χ0) is 24.8. The third-order valence-corrected chi connectivity index (χ3v) is 3.56. The quantitative estimate of drug-likeness (QED) is 0.392. The van der Waals surface area contributed by atoms with Crippen molar-refractivity contribution in [3.8, 4) is 5.69 Å². The van der Waals surface area contributed by atoms with Crippen molar-refractivity contribution >= 4 is 5.78 Å². The van der Waals surface area contributed by atoms with Gasteiger partial charge in [0.25, 0.3) is 0 Å². The number of rotatable bonds is 3. The molecule has 0 atom stereocenters. The number of carbonyl (C=O) groups is 1. The number of para-hydroxylation sites is 1. The van der Waals surface area contributed by atoms with Crippen LogP contribution in [0, 0.1) is 13.8 Å². The largest absolute Gasteiger partial charge is 0.288 e. The second-order valence-corrected chi connectivity index (χ2v) is 4.99. The van der Waals surface area contributed by atoms with Crippen LogP contribution in [0.2, 0.25) is 0 Å². The molecule has 1 aromatic heterocycles. The van der Waals surface area contributed by atoms with Crippen molar-refractivity contribution in [3.63, 3.8) is 0 Å². The first-order valence-electron chi connectivity index (χ1n) is 11.9. The van der Waals surface area contributed by atoms with Crippen molar-refractivity contribution < 1.29 is 4.79 Å². The fourth-order valence-electron chi connectivity index (χ4n) is 2.53. The topological polar surface area (TPSA) is 34.9 Å². The molecule has 3 heteroatoms. The second-order valence-electron chi connectivity index (χ2n) is 4.99. The number of aryl methyl sites for hydroxylation is 1. The van der Waals surface area contributed by atoms with Crippen LogP contribution in [0.5, 0.6) is 0 Å². The maximum absolute atomic E-state index is 12.7. The monoisotopic (exact) mass is 426 g/mol. The van der Waals surface area contributed by atoms with Crippen LogP contribution >= 0.6 is 0 Å². The van der Waals surface area contributed by atoms with E-state index in [0.29, 0.717) is 11.1 Å². The number of aromatic nitrogens is 2. The lowest BCUT2D eigenvalue weighted by molar-refractivity contribution is 0.103. The SMILES string of the molecule is CC.CC.CC.CC.CC.Cc1nn(-c2ccccc2)c(C)c1C(=O)c1ccccc1. The molecular weight excluding hydrogens is 380 g/mol. The second kappa shape index (κ2) is 22.0. The van der Waals surface area contributed by atoms with Gasteiger partial charge in [-0.15, -0.1) is 0 Å². The van der Waals surface area contributed by atoms with E-state index in [0.717, 1.165) is 17.1 Å². The third-order valence-electron chi connectivity index (χ3n) is 3.56. The highest BCUT2D eigenvalue weighted by atomic mass is 16.1. The van der Waals surface area contributed by atoms with Crippen LogP contribution in [-0.4, -0.2) is 15.6 Å². The summed E-state index contributed by atoms with van der Waals surface area (Å²) in [6, 6.07) is 19.2. The lowest BCUT2D eigenvalue weighted by Crippen LogP contribution is -2.05. The number of benzene rings is 2. The Balaban J connectivity index is -0.000000692. The van der Waals surface area contributed by atoms with Crippen molar-refractivity contribution in [1.82, 2.24) is 9.78 Å². The van der Waals surface area contributed by atoms with Gasteiger partial charge in [0.1, 0.15) is 0 Å². The molecule has 3 aromatic rings. The van der Waals surface area contributed by atoms with Crippen LogP contribution in [0.4, 0.5) is 0 Å². The Morgan fingerprint density at radius 1 is 0.645 bits per heavy atom. The average molecular weight is 427 g/mol. The van der Waals surface area contributed by atoms with Crippen LogP contribution in [0.25, 0.3) is 5.69 Å². The van der Waals surface area contributed by atoms with Gasteiger partial charge in [0, 0.05) is 5.56 Å². The van der Waals surface area contributed by atoms with Crippen LogP contribution in [0.15, 0.2) is 60.7 Å². The summed E-state index contributed by atoms with van der Waals surface area (Å²) in [7, 11) is 0. The fourth-order valence-corrected chi connectivity index (χ4v) is 2.53. The maximum atomic E-state index is 12.7. The molecule has 0 fully saturated rings. The molecule has 0 spiro atoms. The highest BCUT2D eigenvalue weighted by Gasteiger charge is 2.20. The van der Waals surface area contributed by atoms with Crippen LogP contribution < -0.4 is 0 Å². The van der Waals surface area contributed by atoms with Crippen LogP contribution in [-0.2, 0) is 0 Å². The van der Waals surface area contributed by atoms with Crippen molar-refractivity contribution in [2.45, 2.75) is 83.1 Å². The van der Waals surface area contributed by atoms with Gasteiger partial charge < -0.3 is 0 Å². The number of nitrogens with zero attached hydrogens (tertiary/aromatic N) is 2. The summed E-state index contributed by atoms with van der Waals surface area (Å²) in [6.07, 6.45) is 0. The summed E-state index contributed by atoms with van der Waals surface area (Å²) < 4.78 is 1.82. The summed E-state index contributed by atoms with van der Waals surface area (Å²) in [5.41, 5.74) is 3.96. The number of ketones is 1. The van der Waals surface area contributed by atoms with E-state index in [-0.39, 0.29) is 5.78 Å². The van der Waals surface area contributed by atoms with Gasteiger partial charge in [-0.1, -0.05) is 118 Å². The van der Waals surface area contributed by atoms with Gasteiger partial charge in [0.15, 0.2) is 5.78 Å². The zero-order valence-electron chi connectivity index (χ0n) is 22.1. The van der Waals surface area contributed by atoms with Crippen molar-refractivity contribution in [2.24, 2.45) is 0 Å². The molecular formula is C28H46N2O. The van der Waals surface area contributed by atoms with Gasteiger partial charge in [-0.2, -0.15) is 5.10 Å². The molecule has 174 valence electrons. The van der Waals surface area contributed by atoms with E-state index >= 15 is 0 Å². The highest BCUT2D eigenvalue weighted by molar-refractivity contribution is 6.10. The van der Waals surface area contributed by atoms with E-state index in [1.165, 1.54) is 0 Å². The Morgan fingerprint density at radius 3 is 1.45 bits per heavy atom. The summed E-state index contributed by atoms with van der Waals surface area (Å²) in [6.45, 7) is 23.8. The summed E-state index contributed by atoms with van der Waals surface area (Å²) in [5, 5.41) is 4.52. The first-order chi connectivity index (χ1) is 15.2. The minimum atomic E-state index is 0.0211. The molecule has 3 nitrogen and oxygen atoms in total. The molecule has 3 rings (SSSR count). The summed E-state index contributed by atoms with van der Waals surface area (Å²) in [5.74, 6) is 0.0211. The van der Waals surface area contributed by atoms with Gasteiger partial charge in [0.05, 0.1) is 22.6 Å². The summed E-state index contributed by atoms with van der Waals surface area (Å²) >= 11 is 0. The fraction of sp³-hybridized carbons (Fsp3) is 0.429. The molecule has 0 unspecified atom stereocenters. The van der Waals surface area contributed by atoms with E-state index in [9.17, 15) is 4.79 Å². The van der Waals surface area contributed by atoms with Crippen molar-refractivity contribution in [3.05, 3.63) is 83.2 Å². The minimum Gasteiger partial charge on any atom is -0.288 e. The standard InChI is InChI=1S/C18H16N2O.5C2H6/c1-13-17(18(21)15-9-5-3-6-10-15)14(2)20(19-13)16-11-7-4-8-12-16;5*1-2/h3-12H,1-2H3;5*1-2H3. The number of hydrogen-bond acceptors (Lipinski definition) is 2. The zero-order valence-corrected chi connectivity index (χ0v) is 22.1. The molecule has 0 aliphatic carbocycles. The highest BCUT2D eigenvalue weighted by Crippen LogP contribution is 2.20. The molecule has 0 radical (unpaired) electrons. The third kappa shape index (κ3) is 10.3. The van der Waals surface area contributed by atoms with Crippen LogP contribution in [0.1, 0.15) is 96.5 Å². The van der Waals surface area contributed by atoms with Gasteiger partial charge in [-0.25, -0.2) is 4.68 Å². The number of carbonyl (C=O) groups excluding carboxylic acids is 1. The molecule has 2 aromatic carbocycles. The summed E-state index contributed by atoms with van der Waals surface area (Å²) in [4.78, 5) is 12.7.